The number of benzene rings is 2. The van der Waals surface area contributed by atoms with Crippen molar-refractivity contribution in [2.75, 3.05) is 12.4 Å². The molecule has 0 unspecified atom stereocenters. The van der Waals surface area contributed by atoms with Gasteiger partial charge in [-0.25, -0.2) is 0 Å². The maximum atomic E-state index is 12.4. The van der Waals surface area contributed by atoms with Gasteiger partial charge in [0.2, 0.25) is 5.91 Å². The molecule has 1 amide bonds. The molecule has 0 saturated heterocycles. The smallest absolute Gasteiger partial charge is 0.248 e. The maximum Gasteiger partial charge on any atom is 0.248 e. The molecule has 1 aliphatic heterocycles. The van der Waals surface area contributed by atoms with E-state index in [0.29, 0.717) is 5.69 Å². The Kier molecular flexibility index (Phi) is 5.58. The minimum Gasteiger partial charge on any atom is -0.497 e. The second kappa shape index (κ2) is 8.48. The Hall–Kier alpha value is -3.86. The third-order valence-corrected chi connectivity index (χ3v) is 4.95. The van der Waals surface area contributed by atoms with E-state index < -0.39 is 0 Å². The molecular formula is C26H24N2O3. The Bertz CT molecular complexity index is 1150. The van der Waals surface area contributed by atoms with Gasteiger partial charge in [0.25, 0.3) is 0 Å². The van der Waals surface area contributed by atoms with Crippen LogP contribution in [0.2, 0.25) is 0 Å². The van der Waals surface area contributed by atoms with Crippen LogP contribution in [-0.4, -0.2) is 23.6 Å². The average Bonchev–Trinajstić information content (AvgIpc) is 2.78. The predicted octanol–water partition coefficient (Wildman–Crippen LogP) is 5.59. The highest BCUT2D eigenvalue weighted by atomic mass is 16.5. The Labute approximate surface area is 182 Å². The normalized spacial score (nSPS) is 14.0. The number of amides is 1. The number of carbonyl (C=O) groups excluding carboxylic acids is 1. The number of nitrogens with zero attached hydrogens (tertiary/aromatic N) is 1. The largest absolute Gasteiger partial charge is 0.497 e. The quantitative estimate of drug-likeness (QED) is 0.555. The zero-order chi connectivity index (χ0) is 21.8. The molecule has 1 aromatic heterocycles. The molecule has 3 aromatic rings. The predicted molar refractivity (Wildman–Crippen MR) is 124 cm³/mol. The summed E-state index contributed by atoms with van der Waals surface area (Å²) in [4.78, 5) is 16.5. The molecule has 0 bridgehead atoms. The highest BCUT2D eigenvalue weighted by Gasteiger charge is 2.24. The summed E-state index contributed by atoms with van der Waals surface area (Å²) in [6.45, 7) is 4.06. The summed E-state index contributed by atoms with van der Waals surface area (Å²) in [5, 5.41) is 2.85. The molecule has 1 aliphatic rings. The zero-order valence-electron chi connectivity index (χ0n) is 17.8. The van der Waals surface area contributed by atoms with Crippen LogP contribution in [0, 0.1) is 0 Å². The molecule has 0 atom stereocenters. The van der Waals surface area contributed by atoms with Gasteiger partial charge in [-0.15, -0.1) is 0 Å². The highest BCUT2D eigenvalue weighted by molar-refractivity contribution is 6.02. The van der Waals surface area contributed by atoms with E-state index in [1.54, 1.807) is 49.8 Å². The molecule has 5 heteroatoms. The molecule has 0 fully saturated rings. The second-order valence-electron chi connectivity index (χ2n) is 7.81. The average molecular weight is 412 g/mol. The monoisotopic (exact) mass is 412 g/mol. The molecule has 4 rings (SSSR count). The van der Waals surface area contributed by atoms with E-state index in [9.17, 15) is 4.79 Å². The molecule has 1 N–H and O–H groups in total. The van der Waals surface area contributed by atoms with Crippen LogP contribution in [0.5, 0.6) is 11.5 Å². The summed E-state index contributed by atoms with van der Waals surface area (Å²) in [7, 11) is 1.61. The van der Waals surface area contributed by atoms with E-state index in [1.807, 2.05) is 44.2 Å². The van der Waals surface area contributed by atoms with Crippen molar-refractivity contribution >= 4 is 23.7 Å². The fourth-order valence-corrected chi connectivity index (χ4v) is 3.37. The molecule has 156 valence electrons. The summed E-state index contributed by atoms with van der Waals surface area (Å²) in [6, 6.07) is 15.2. The van der Waals surface area contributed by atoms with Crippen molar-refractivity contribution in [1.82, 2.24) is 4.98 Å². The Morgan fingerprint density at radius 1 is 1.10 bits per heavy atom. The zero-order valence-corrected chi connectivity index (χ0v) is 17.8. The van der Waals surface area contributed by atoms with Crippen molar-refractivity contribution < 1.29 is 14.3 Å². The lowest BCUT2D eigenvalue weighted by Crippen LogP contribution is -2.27. The molecule has 0 aliphatic carbocycles. The molecule has 5 nitrogen and oxygen atoms in total. The van der Waals surface area contributed by atoms with Gasteiger partial charge in [-0.05, 0) is 85.7 Å². The molecule has 31 heavy (non-hydrogen) atoms. The van der Waals surface area contributed by atoms with Gasteiger partial charge in [0, 0.05) is 35.3 Å². The lowest BCUT2D eigenvalue weighted by molar-refractivity contribution is -0.111. The first-order valence-corrected chi connectivity index (χ1v) is 10.0. The van der Waals surface area contributed by atoms with Crippen LogP contribution in [0.1, 0.15) is 25.0 Å². The second-order valence-corrected chi connectivity index (χ2v) is 7.81. The van der Waals surface area contributed by atoms with Crippen LogP contribution >= 0.6 is 0 Å². The summed E-state index contributed by atoms with van der Waals surface area (Å²) in [5.41, 5.74) is 4.18. The van der Waals surface area contributed by atoms with Gasteiger partial charge in [-0.1, -0.05) is 6.08 Å². The number of fused-ring (bicyclic) bond motifs is 1. The van der Waals surface area contributed by atoms with E-state index >= 15 is 0 Å². The molecule has 2 aromatic carbocycles. The molecule has 2 heterocycles. The number of hydrogen-bond acceptors (Lipinski definition) is 4. The van der Waals surface area contributed by atoms with Gasteiger partial charge in [0.1, 0.15) is 17.1 Å². The molecular weight excluding hydrogens is 388 g/mol. The Balaban J connectivity index is 1.62. The lowest BCUT2D eigenvalue weighted by atomic mass is 9.94. The summed E-state index contributed by atoms with van der Waals surface area (Å²) >= 11 is 0. The van der Waals surface area contributed by atoms with Gasteiger partial charge in [0.15, 0.2) is 0 Å². The highest BCUT2D eigenvalue weighted by Crippen LogP contribution is 2.40. The minimum absolute atomic E-state index is 0.207. The van der Waals surface area contributed by atoms with Gasteiger partial charge >= 0.3 is 0 Å². The lowest BCUT2D eigenvalue weighted by Gasteiger charge is -2.30. The number of nitrogens with one attached hydrogen (secondary N) is 1. The van der Waals surface area contributed by atoms with E-state index in [2.05, 4.69) is 16.4 Å². The third kappa shape index (κ3) is 4.83. The van der Waals surface area contributed by atoms with Gasteiger partial charge in [0.05, 0.1) is 7.11 Å². The summed E-state index contributed by atoms with van der Waals surface area (Å²) in [5.74, 6) is 1.37. The Morgan fingerprint density at radius 3 is 2.55 bits per heavy atom. The first-order chi connectivity index (χ1) is 14.9. The molecule has 0 saturated carbocycles. The van der Waals surface area contributed by atoms with Crippen molar-refractivity contribution in [2.24, 2.45) is 0 Å². The van der Waals surface area contributed by atoms with Crippen molar-refractivity contribution in [1.29, 1.82) is 0 Å². The van der Waals surface area contributed by atoms with Crippen molar-refractivity contribution in [3.63, 3.8) is 0 Å². The van der Waals surface area contributed by atoms with Crippen molar-refractivity contribution in [3.05, 3.63) is 84.2 Å². The number of rotatable bonds is 5. The first kappa shape index (κ1) is 20.4. The van der Waals surface area contributed by atoms with Crippen LogP contribution in [0.4, 0.5) is 5.69 Å². The van der Waals surface area contributed by atoms with Crippen molar-refractivity contribution in [2.45, 2.75) is 19.4 Å². The number of aromatic nitrogens is 1. The summed E-state index contributed by atoms with van der Waals surface area (Å²) in [6.07, 6.45) is 11.0. The van der Waals surface area contributed by atoms with E-state index in [4.69, 9.17) is 9.47 Å². The van der Waals surface area contributed by atoms with Crippen LogP contribution in [0.25, 0.3) is 23.3 Å². The Morgan fingerprint density at radius 2 is 1.84 bits per heavy atom. The third-order valence-electron chi connectivity index (χ3n) is 4.95. The standard InChI is InChI=1S/C26H24N2O3/c1-26(2)13-10-20-16-18(17-23(25(20)31-26)19-11-14-27-15-12-19)4-9-24(29)28-21-5-7-22(30-3)8-6-21/h4-17H,1-3H3,(H,28,29)/b9-4+. The van der Waals surface area contributed by atoms with Gasteiger partial charge < -0.3 is 14.8 Å². The van der Waals surface area contributed by atoms with Gasteiger partial charge in [-0.3, -0.25) is 9.78 Å². The van der Waals surface area contributed by atoms with Crippen LogP contribution < -0.4 is 14.8 Å². The van der Waals surface area contributed by atoms with E-state index in [1.165, 1.54) is 6.08 Å². The minimum atomic E-state index is -0.385. The van der Waals surface area contributed by atoms with Crippen molar-refractivity contribution in [3.8, 4) is 22.6 Å². The van der Waals surface area contributed by atoms with Crippen LogP contribution in [0.3, 0.4) is 0 Å². The number of pyridine rings is 1. The maximum absolute atomic E-state index is 12.4. The number of anilines is 1. The number of ether oxygens (including phenoxy) is 2. The van der Waals surface area contributed by atoms with Crippen LogP contribution in [0.15, 0.2) is 73.1 Å². The topological polar surface area (TPSA) is 60.5 Å². The van der Waals surface area contributed by atoms with E-state index in [-0.39, 0.29) is 11.5 Å². The SMILES string of the molecule is COc1ccc(NC(=O)/C=C/c2cc3c(c(-c4ccncc4)c2)OC(C)(C)C=C3)cc1. The number of methoxy groups -OCH3 is 1. The number of hydrogen-bond donors (Lipinski definition) is 1. The molecule has 0 spiro atoms. The first-order valence-electron chi connectivity index (χ1n) is 10.0. The fourth-order valence-electron chi connectivity index (χ4n) is 3.37. The molecule has 0 radical (unpaired) electrons. The number of carbonyl (C=O) groups is 1. The van der Waals surface area contributed by atoms with Crippen LogP contribution in [-0.2, 0) is 4.79 Å². The van der Waals surface area contributed by atoms with E-state index in [0.717, 1.165) is 33.8 Å². The summed E-state index contributed by atoms with van der Waals surface area (Å²) < 4.78 is 11.4. The fraction of sp³-hybridized carbons (Fsp3) is 0.154. The van der Waals surface area contributed by atoms with Gasteiger partial charge in [-0.2, -0.15) is 0 Å².